The molecule has 1 unspecified atom stereocenters. The van der Waals surface area contributed by atoms with Crippen LogP contribution in [0.5, 0.6) is 5.75 Å². The van der Waals surface area contributed by atoms with E-state index < -0.39 is 29.2 Å². The zero-order valence-corrected chi connectivity index (χ0v) is 27.1. The van der Waals surface area contributed by atoms with Gasteiger partial charge in [-0.1, -0.05) is 46.8 Å². The van der Waals surface area contributed by atoms with Crippen LogP contribution in [0.3, 0.4) is 0 Å². The number of aliphatic hydroxyl groups excluding tert-OH is 1. The Morgan fingerprint density at radius 2 is 1.86 bits per heavy atom. The number of methoxy groups -OCH3 is 1. The summed E-state index contributed by atoms with van der Waals surface area (Å²) >= 11 is 0. The largest absolute Gasteiger partial charge is 0.507 e. The second kappa shape index (κ2) is 13.7. The smallest absolute Gasteiger partial charge is 0.341 e. The highest BCUT2D eigenvalue weighted by atomic mass is 16.6. The van der Waals surface area contributed by atoms with Gasteiger partial charge in [0.25, 0.3) is 0 Å². The zero-order valence-electron chi connectivity index (χ0n) is 27.1. The maximum Gasteiger partial charge on any atom is 0.341 e. The molecule has 0 saturated carbocycles. The van der Waals surface area contributed by atoms with Crippen molar-refractivity contribution >= 4 is 11.8 Å². The van der Waals surface area contributed by atoms with Gasteiger partial charge < -0.3 is 29.5 Å². The molecule has 1 aromatic rings. The molecule has 1 aromatic carbocycles. The van der Waals surface area contributed by atoms with Crippen LogP contribution >= 0.6 is 0 Å². The van der Waals surface area contributed by atoms with E-state index in [9.17, 15) is 24.9 Å². The van der Waals surface area contributed by atoms with Gasteiger partial charge in [-0.15, -0.1) is 0 Å². The summed E-state index contributed by atoms with van der Waals surface area (Å²) < 4.78 is 17.9. The second-order valence-electron chi connectivity index (χ2n) is 13.3. The molecule has 238 valence electrons. The Labute approximate surface area is 252 Å². The maximum atomic E-state index is 13.9. The van der Waals surface area contributed by atoms with Gasteiger partial charge >= 0.3 is 5.97 Å². The van der Waals surface area contributed by atoms with E-state index in [-0.39, 0.29) is 53.2 Å². The first-order valence-corrected chi connectivity index (χ1v) is 15.8. The lowest BCUT2D eigenvalue weighted by molar-refractivity contribution is -0.224. The number of hydrogen-bond donors (Lipinski definition) is 3. The van der Waals surface area contributed by atoms with Gasteiger partial charge in [-0.25, -0.2) is 4.79 Å². The van der Waals surface area contributed by atoms with E-state index in [4.69, 9.17) is 14.2 Å². The minimum atomic E-state index is -0.871. The lowest BCUT2D eigenvalue weighted by atomic mass is 9.77. The number of phenols is 1. The average Bonchev–Trinajstić information content (AvgIpc) is 3.28. The van der Waals surface area contributed by atoms with Crippen LogP contribution < -0.4 is 0 Å². The Morgan fingerprint density at radius 1 is 1.19 bits per heavy atom. The van der Waals surface area contributed by atoms with Crippen molar-refractivity contribution in [2.24, 2.45) is 23.7 Å². The molecule has 0 aliphatic carbocycles. The first kappa shape index (κ1) is 34.5. The van der Waals surface area contributed by atoms with Crippen molar-refractivity contribution in [3.63, 3.8) is 0 Å². The van der Waals surface area contributed by atoms with Crippen LogP contribution in [0.25, 0.3) is 0 Å². The van der Waals surface area contributed by atoms with E-state index in [2.05, 4.69) is 13.8 Å². The predicted molar refractivity (Wildman–Crippen MR) is 161 cm³/mol. The highest BCUT2D eigenvalue weighted by Crippen LogP contribution is 2.46. The summed E-state index contributed by atoms with van der Waals surface area (Å²) in [6.45, 7) is 15.5. The fourth-order valence-corrected chi connectivity index (χ4v) is 7.28. The molecule has 8 heteroatoms. The molecule has 2 aliphatic rings. The third-order valence-electron chi connectivity index (χ3n) is 10.4. The molecule has 0 bridgehead atoms. The van der Waals surface area contributed by atoms with Crippen LogP contribution in [0.2, 0.25) is 0 Å². The van der Waals surface area contributed by atoms with Gasteiger partial charge in [0.05, 0.1) is 42.7 Å². The van der Waals surface area contributed by atoms with Gasteiger partial charge in [-0.2, -0.15) is 0 Å². The number of carbonyl (C=O) groups is 2. The van der Waals surface area contributed by atoms with Crippen molar-refractivity contribution in [2.45, 2.75) is 136 Å². The predicted octanol–water partition coefficient (Wildman–Crippen LogP) is 5.54. The van der Waals surface area contributed by atoms with Crippen molar-refractivity contribution in [1.82, 2.24) is 0 Å². The summed E-state index contributed by atoms with van der Waals surface area (Å²) in [5.41, 5.74) is 0.0248. The Morgan fingerprint density at radius 3 is 2.43 bits per heavy atom. The third kappa shape index (κ3) is 6.87. The molecule has 0 spiro atoms. The molecule has 3 N–H and O–H groups in total. The van der Waals surface area contributed by atoms with E-state index in [0.717, 1.165) is 6.42 Å². The van der Waals surface area contributed by atoms with Gasteiger partial charge in [0.2, 0.25) is 0 Å². The van der Waals surface area contributed by atoms with Gasteiger partial charge in [0.1, 0.15) is 17.1 Å². The molecule has 42 heavy (non-hydrogen) atoms. The number of Topliss-reactive ketones (excluding diaryl/α,β-unsaturated/α-hetero) is 1. The molecule has 8 nitrogen and oxygen atoms in total. The molecule has 0 aromatic heterocycles. The standard InChI is InChI=1S/C34H54O8/c1-10-25(31-21(5)18-33(8,42-31)26-16-17-34(39,11-2)23(7)41-26)30(37)22(6)28(35)19(3)12-14-24-15-13-20(4)29(36)27(24)32(38)40-9/h13,15,19,21-23,25-26,28,31,35-36,39H,10-12,14,16-18H2,1-9H3/t19-,21+,22+,23+,25+,26?,28+,31+,33+,34-/m1/s1. The van der Waals surface area contributed by atoms with Crippen molar-refractivity contribution < 1.29 is 39.1 Å². The molecule has 2 aliphatic heterocycles. The summed E-state index contributed by atoms with van der Waals surface area (Å²) in [6.07, 6.45) is 2.77. The number of aliphatic hydroxyl groups is 2. The van der Waals surface area contributed by atoms with E-state index in [1.54, 1.807) is 26.0 Å². The highest BCUT2D eigenvalue weighted by Gasteiger charge is 2.53. The SMILES string of the molecule is CC[C@@H](C(=O)[C@@H](C)[C@@H](O)[C@H](C)CCc1ccc(C)c(O)c1C(=O)OC)[C@H]1O[C@](C)(C2CC[C@](O)(CC)[C@H](C)O2)C[C@@H]1C. The molecule has 0 radical (unpaired) electrons. The van der Waals surface area contributed by atoms with E-state index >= 15 is 0 Å². The fraction of sp³-hybridized carbons (Fsp3) is 0.765. The van der Waals surface area contributed by atoms with Crippen LogP contribution in [-0.2, 0) is 25.4 Å². The summed E-state index contributed by atoms with van der Waals surface area (Å²) in [4.78, 5) is 26.2. The molecule has 2 saturated heterocycles. The first-order valence-electron chi connectivity index (χ1n) is 15.8. The number of hydrogen-bond acceptors (Lipinski definition) is 8. The van der Waals surface area contributed by atoms with Gasteiger partial charge in [-0.05, 0) is 88.7 Å². The van der Waals surface area contributed by atoms with Crippen LogP contribution in [0, 0.1) is 30.6 Å². The fourth-order valence-electron chi connectivity index (χ4n) is 7.28. The Bertz CT molecular complexity index is 1100. The average molecular weight is 591 g/mol. The maximum absolute atomic E-state index is 13.9. The van der Waals surface area contributed by atoms with Crippen LogP contribution in [-0.4, -0.2) is 69.8 Å². The summed E-state index contributed by atoms with van der Waals surface area (Å²) in [6, 6.07) is 3.56. The number of phenolic OH excluding ortho intramolecular Hbond substituents is 1. The summed E-state index contributed by atoms with van der Waals surface area (Å²) in [5.74, 6) is -1.72. The van der Waals surface area contributed by atoms with Crippen molar-refractivity contribution in [3.8, 4) is 5.75 Å². The minimum absolute atomic E-state index is 0.000492. The minimum Gasteiger partial charge on any atom is -0.507 e. The van der Waals surface area contributed by atoms with Crippen LogP contribution in [0.15, 0.2) is 12.1 Å². The lowest BCUT2D eigenvalue weighted by Gasteiger charge is -2.46. The lowest BCUT2D eigenvalue weighted by Crippen LogP contribution is -2.54. The number of esters is 1. The number of carbonyl (C=O) groups excluding carboxylic acids is 2. The zero-order chi connectivity index (χ0) is 31.6. The first-order chi connectivity index (χ1) is 19.6. The van der Waals surface area contributed by atoms with Gasteiger partial charge in [0, 0.05) is 11.8 Å². The van der Waals surface area contributed by atoms with E-state index in [1.165, 1.54) is 7.11 Å². The normalized spacial score (nSPS) is 32.6. The summed E-state index contributed by atoms with van der Waals surface area (Å²) in [5, 5.41) is 32.6. The Balaban J connectivity index is 1.67. The number of ether oxygens (including phenoxy) is 3. The van der Waals surface area contributed by atoms with Gasteiger partial charge in [0.15, 0.2) is 0 Å². The molecule has 0 amide bonds. The number of ketones is 1. The molecule has 3 rings (SSSR count). The number of rotatable bonds is 12. The van der Waals surface area contributed by atoms with Crippen LogP contribution in [0.1, 0.15) is 108 Å². The molecule has 2 fully saturated rings. The van der Waals surface area contributed by atoms with Gasteiger partial charge in [-0.3, -0.25) is 4.79 Å². The third-order valence-corrected chi connectivity index (χ3v) is 10.4. The van der Waals surface area contributed by atoms with E-state index in [0.29, 0.717) is 49.7 Å². The summed E-state index contributed by atoms with van der Waals surface area (Å²) in [7, 11) is 1.28. The topological polar surface area (TPSA) is 123 Å². The van der Waals surface area contributed by atoms with Crippen LogP contribution in [0.4, 0.5) is 0 Å². The molecule has 2 heterocycles. The quantitative estimate of drug-likeness (QED) is 0.271. The molecular weight excluding hydrogens is 536 g/mol. The van der Waals surface area contributed by atoms with Crippen molar-refractivity contribution in [1.29, 1.82) is 0 Å². The highest BCUT2D eigenvalue weighted by molar-refractivity contribution is 5.94. The number of aromatic hydroxyl groups is 1. The monoisotopic (exact) mass is 590 g/mol. The molecular formula is C34H54O8. The molecule has 10 atom stereocenters. The van der Waals surface area contributed by atoms with E-state index in [1.807, 2.05) is 27.7 Å². The Hall–Kier alpha value is -2.00. The van der Waals surface area contributed by atoms with Crippen molar-refractivity contribution in [2.75, 3.05) is 7.11 Å². The second-order valence-corrected chi connectivity index (χ2v) is 13.3. The number of aryl methyl sites for hydroxylation is 2. The van der Waals surface area contributed by atoms with Crippen molar-refractivity contribution in [3.05, 3.63) is 28.8 Å². The number of benzene rings is 1. The Kier molecular flexibility index (Phi) is 11.3.